The number of carboxylic acid groups (broad SMARTS) is 1. The Hall–Kier alpha value is -2.45. The van der Waals surface area contributed by atoms with Gasteiger partial charge in [-0.15, -0.1) is 0 Å². The van der Waals surface area contributed by atoms with Crippen LogP contribution in [-0.4, -0.2) is 53.0 Å². The molecule has 25 heavy (non-hydrogen) atoms. The van der Waals surface area contributed by atoms with E-state index in [9.17, 15) is 24.2 Å². The molecule has 1 unspecified atom stereocenters. The molecule has 1 saturated heterocycles. The van der Waals surface area contributed by atoms with Crippen LogP contribution in [0.25, 0.3) is 10.9 Å². The normalized spacial score (nSPS) is 17.9. The number of nitrogens with one attached hydrogen (secondary N) is 1. The summed E-state index contributed by atoms with van der Waals surface area (Å²) in [5.74, 6) is -1.90. The van der Waals surface area contributed by atoms with Gasteiger partial charge in [0, 0.05) is 43.8 Å². The number of aryl methyl sites for hydroxylation is 1. The van der Waals surface area contributed by atoms with Crippen LogP contribution < -0.4 is 15.6 Å². The van der Waals surface area contributed by atoms with Gasteiger partial charge in [-0.3, -0.25) is 4.79 Å². The summed E-state index contributed by atoms with van der Waals surface area (Å²) in [4.78, 5) is 25.4. The van der Waals surface area contributed by atoms with Gasteiger partial charge in [0.2, 0.25) is 5.43 Å². The maximum Gasteiger partial charge on any atom is 0.341 e. The highest BCUT2D eigenvalue weighted by atomic mass is 19.1. The van der Waals surface area contributed by atoms with Crippen molar-refractivity contribution in [2.75, 3.05) is 31.1 Å². The Bertz CT molecular complexity index is 880. The van der Waals surface area contributed by atoms with Crippen molar-refractivity contribution in [2.24, 2.45) is 0 Å². The van der Waals surface area contributed by atoms with Gasteiger partial charge in [0.15, 0.2) is 0 Å². The third-order valence-electron chi connectivity index (χ3n) is 4.54. The van der Waals surface area contributed by atoms with Crippen molar-refractivity contribution < 1.29 is 19.4 Å². The quantitative estimate of drug-likeness (QED) is 0.749. The zero-order valence-corrected chi connectivity index (χ0v) is 13.8. The lowest BCUT2D eigenvalue weighted by Gasteiger charge is -2.34. The van der Waals surface area contributed by atoms with Crippen LogP contribution in [-0.2, 0) is 6.54 Å². The Balaban J connectivity index is 2.17. The van der Waals surface area contributed by atoms with Crippen LogP contribution in [0.1, 0.15) is 17.3 Å². The second-order valence-corrected chi connectivity index (χ2v) is 6.06. The molecule has 1 aromatic heterocycles. The number of aromatic carboxylic acids is 1. The fourth-order valence-electron chi connectivity index (χ4n) is 3.22. The van der Waals surface area contributed by atoms with E-state index in [2.05, 4.69) is 5.32 Å². The molecule has 0 saturated carbocycles. The van der Waals surface area contributed by atoms with Gasteiger partial charge in [0.1, 0.15) is 11.4 Å². The minimum atomic E-state index is -1.33. The molecule has 0 bridgehead atoms. The van der Waals surface area contributed by atoms with Crippen molar-refractivity contribution in [3.05, 3.63) is 39.9 Å². The van der Waals surface area contributed by atoms with Gasteiger partial charge in [0.05, 0.1) is 17.8 Å². The Kier molecular flexibility index (Phi) is 4.73. The zero-order valence-electron chi connectivity index (χ0n) is 13.8. The molecule has 1 aliphatic rings. The van der Waals surface area contributed by atoms with Gasteiger partial charge < -0.3 is 25.0 Å². The lowest BCUT2D eigenvalue weighted by Crippen LogP contribution is -2.52. The number of anilines is 1. The molecule has 1 atom stereocenters. The molecule has 2 heterocycles. The van der Waals surface area contributed by atoms with Crippen molar-refractivity contribution in [2.45, 2.75) is 19.5 Å². The van der Waals surface area contributed by atoms with E-state index in [1.165, 1.54) is 6.20 Å². The molecule has 0 aliphatic carbocycles. The molecule has 3 N–H and O–H groups in total. The molecule has 1 fully saturated rings. The second kappa shape index (κ2) is 6.81. The number of benzene rings is 1. The van der Waals surface area contributed by atoms with E-state index in [4.69, 9.17) is 0 Å². The van der Waals surface area contributed by atoms with Crippen molar-refractivity contribution in [3.63, 3.8) is 0 Å². The molecule has 8 heteroatoms. The first kappa shape index (κ1) is 17.4. The van der Waals surface area contributed by atoms with Gasteiger partial charge in [-0.25, -0.2) is 9.18 Å². The molecule has 1 aliphatic heterocycles. The minimum absolute atomic E-state index is 0.0483. The number of aromatic nitrogens is 1. The number of piperazine rings is 1. The van der Waals surface area contributed by atoms with Crippen LogP contribution in [0.5, 0.6) is 0 Å². The third-order valence-corrected chi connectivity index (χ3v) is 4.54. The van der Waals surface area contributed by atoms with Crippen LogP contribution in [0.4, 0.5) is 10.1 Å². The Morgan fingerprint density at radius 3 is 2.84 bits per heavy atom. The summed E-state index contributed by atoms with van der Waals surface area (Å²) < 4.78 is 16.3. The van der Waals surface area contributed by atoms with E-state index in [1.54, 1.807) is 10.6 Å². The van der Waals surface area contributed by atoms with Crippen molar-refractivity contribution in [1.82, 2.24) is 9.88 Å². The molecule has 7 nitrogen and oxygen atoms in total. The largest absolute Gasteiger partial charge is 0.477 e. The van der Waals surface area contributed by atoms with Crippen molar-refractivity contribution >= 4 is 22.6 Å². The Labute approximate surface area is 143 Å². The SMILES string of the molecule is CCn1cc(C(=O)O)c(=O)c2cc(F)c(N3CCNC(CO)C3)cc21. The highest BCUT2D eigenvalue weighted by molar-refractivity contribution is 5.93. The summed E-state index contributed by atoms with van der Waals surface area (Å²) in [6, 6.07) is 2.55. The summed E-state index contributed by atoms with van der Waals surface area (Å²) in [5, 5.41) is 21.7. The number of aliphatic hydroxyl groups is 1. The zero-order chi connectivity index (χ0) is 18.1. The highest BCUT2D eigenvalue weighted by Crippen LogP contribution is 2.26. The summed E-state index contributed by atoms with van der Waals surface area (Å²) in [6.07, 6.45) is 1.29. The van der Waals surface area contributed by atoms with Crippen molar-refractivity contribution in [3.8, 4) is 0 Å². The predicted molar refractivity (Wildman–Crippen MR) is 91.9 cm³/mol. The number of rotatable bonds is 4. The van der Waals surface area contributed by atoms with Crippen LogP contribution >= 0.6 is 0 Å². The first-order chi connectivity index (χ1) is 12.0. The van der Waals surface area contributed by atoms with Gasteiger partial charge in [-0.2, -0.15) is 0 Å². The number of fused-ring (bicyclic) bond motifs is 1. The number of carbonyl (C=O) groups is 1. The molecule has 2 aromatic rings. The van der Waals surface area contributed by atoms with Gasteiger partial charge in [-0.1, -0.05) is 0 Å². The molecule has 3 rings (SSSR count). The van der Waals surface area contributed by atoms with E-state index < -0.39 is 17.2 Å². The van der Waals surface area contributed by atoms with E-state index in [-0.39, 0.29) is 23.6 Å². The number of aliphatic hydroxyl groups excluding tert-OH is 1. The maximum atomic E-state index is 14.7. The molecule has 0 amide bonds. The molecule has 0 radical (unpaired) electrons. The molecule has 134 valence electrons. The first-order valence-electron chi connectivity index (χ1n) is 8.15. The average Bonchev–Trinajstić information content (AvgIpc) is 2.61. The molecular weight excluding hydrogens is 329 g/mol. The summed E-state index contributed by atoms with van der Waals surface area (Å²) in [6.45, 7) is 3.85. The van der Waals surface area contributed by atoms with E-state index in [0.29, 0.717) is 37.4 Å². The average molecular weight is 349 g/mol. The fourth-order valence-corrected chi connectivity index (χ4v) is 3.22. The lowest BCUT2D eigenvalue weighted by molar-refractivity contribution is 0.0695. The molecular formula is C17H20FN3O4. The van der Waals surface area contributed by atoms with E-state index in [0.717, 1.165) is 6.07 Å². The Morgan fingerprint density at radius 1 is 1.44 bits per heavy atom. The van der Waals surface area contributed by atoms with Gasteiger partial charge >= 0.3 is 5.97 Å². The number of hydrogen-bond acceptors (Lipinski definition) is 5. The number of pyridine rings is 1. The summed E-state index contributed by atoms with van der Waals surface area (Å²) in [5.41, 5.74) is -0.222. The van der Waals surface area contributed by atoms with Crippen LogP contribution in [0.3, 0.4) is 0 Å². The fraction of sp³-hybridized carbons (Fsp3) is 0.412. The molecule has 1 aromatic carbocycles. The maximum absolute atomic E-state index is 14.7. The summed E-state index contributed by atoms with van der Waals surface area (Å²) >= 11 is 0. The van der Waals surface area contributed by atoms with Gasteiger partial charge in [0.25, 0.3) is 0 Å². The molecule has 0 spiro atoms. The Morgan fingerprint density at radius 2 is 2.20 bits per heavy atom. The highest BCUT2D eigenvalue weighted by Gasteiger charge is 2.23. The summed E-state index contributed by atoms with van der Waals surface area (Å²) in [7, 11) is 0. The van der Waals surface area contributed by atoms with E-state index in [1.807, 2.05) is 11.8 Å². The van der Waals surface area contributed by atoms with Gasteiger partial charge in [-0.05, 0) is 19.1 Å². The van der Waals surface area contributed by atoms with Crippen molar-refractivity contribution in [1.29, 1.82) is 0 Å². The smallest absolute Gasteiger partial charge is 0.341 e. The minimum Gasteiger partial charge on any atom is -0.477 e. The number of hydrogen-bond donors (Lipinski definition) is 3. The van der Waals surface area contributed by atoms with Crippen LogP contribution in [0.15, 0.2) is 23.1 Å². The standard InChI is InChI=1S/C17H20FN3O4/c1-2-20-8-12(17(24)25)16(23)11-5-13(18)15(6-14(11)20)21-4-3-19-10(7-21)9-22/h5-6,8,10,19,22H,2-4,7,9H2,1H3,(H,24,25). The number of carboxylic acids is 1. The van der Waals surface area contributed by atoms with Crippen LogP contribution in [0, 0.1) is 5.82 Å². The first-order valence-corrected chi connectivity index (χ1v) is 8.15. The van der Waals surface area contributed by atoms with Crippen LogP contribution in [0.2, 0.25) is 0 Å². The lowest BCUT2D eigenvalue weighted by atomic mass is 10.1. The number of halogens is 1. The monoisotopic (exact) mass is 349 g/mol. The van der Waals surface area contributed by atoms with E-state index >= 15 is 0 Å². The topological polar surface area (TPSA) is 94.8 Å². The third kappa shape index (κ3) is 3.10. The number of nitrogens with zero attached hydrogens (tertiary/aromatic N) is 2. The predicted octanol–water partition coefficient (Wildman–Crippen LogP) is 0.629. The second-order valence-electron chi connectivity index (χ2n) is 6.06.